The number of aromatic nitrogens is 1. The van der Waals surface area contributed by atoms with Crippen LogP contribution in [-0.2, 0) is 0 Å². The van der Waals surface area contributed by atoms with Gasteiger partial charge in [-0.1, -0.05) is 25.7 Å². The van der Waals surface area contributed by atoms with Gasteiger partial charge < -0.3 is 9.84 Å². The summed E-state index contributed by atoms with van der Waals surface area (Å²) in [6.45, 7) is 6.28. The van der Waals surface area contributed by atoms with Gasteiger partial charge in [0.1, 0.15) is 7.38 Å². The molecular formula is C10H16ClNO3Si. The highest BCUT2D eigenvalue weighted by Gasteiger charge is 2.04. The van der Waals surface area contributed by atoms with Crippen LogP contribution in [0.4, 0.5) is 0 Å². The number of methoxy groups -OCH3 is 1. The molecule has 16 heavy (non-hydrogen) atoms. The van der Waals surface area contributed by atoms with E-state index < -0.39 is 13.4 Å². The van der Waals surface area contributed by atoms with Gasteiger partial charge in [-0.05, 0) is 6.07 Å². The Morgan fingerprint density at radius 3 is 2.31 bits per heavy atom. The first-order valence-electron chi connectivity index (χ1n) is 4.67. The lowest BCUT2D eigenvalue weighted by atomic mass is 10.3. The number of nitrogens with zero attached hydrogens (tertiary/aromatic N) is 1. The van der Waals surface area contributed by atoms with Crippen LogP contribution in [0.25, 0.3) is 0 Å². The lowest BCUT2D eigenvalue weighted by Crippen LogP contribution is -2.06. The van der Waals surface area contributed by atoms with E-state index in [1.165, 1.54) is 13.2 Å². The van der Waals surface area contributed by atoms with E-state index in [2.05, 4.69) is 24.6 Å². The predicted octanol–water partition coefficient (Wildman–Crippen LogP) is 2.85. The Hall–Kier alpha value is -1.07. The maximum atomic E-state index is 10.4. The number of rotatable bonds is 2. The molecule has 4 nitrogen and oxygen atoms in total. The molecule has 0 amide bonds. The number of carboxylic acid groups (broad SMARTS) is 1. The van der Waals surface area contributed by atoms with Crippen LogP contribution in [0, 0.1) is 0 Å². The van der Waals surface area contributed by atoms with Crippen molar-refractivity contribution < 1.29 is 14.6 Å². The second-order valence-corrected chi connectivity index (χ2v) is 11.5. The van der Waals surface area contributed by atoms with E-state index in [-0.39, 0.29) is 5.69 Å². The molecule has 0 spiro atoms. The molecule has 0 aliphatic carbocycles. The summed E-state index contributed by atoms with van der Waals surface area (Å²) in [4.78, 5) is 14.0. The molecule has 0 bridgehead atoms. The summed E-state index contributed by atoms with van der Waals surface area (Å²) in [5, 5.41) is 8.49. The number of aromatic carboxylic acids is 1. The third kappa shape index (κ3) is 8.25. The summed E-state index contributed by atoms with van der Waals surface area (Å²) in [6, 6.07) is 4.58. The Morgan fingerprint density at radius 1 is 1.44 bits per heavy atom. The van der Waals surface area contributed by atoms with E-state index in [1.54, 1.807) is 12.1 Å². The molecular weight excluding hydrogens is 246 g/mol. The van der Waals surface area contributed by atoms with Crippen molar-refractivity contribution in [3.63, 3.8) is 0 Å². The molecule has 0 atom stereocenters. The zero-order valence-corrected chi connectivity index (χ0v) is 11.6. The molecule has 0 saturated heterocycles. The number of hydrogen-bond donors (Lipinski definition) is 1. The largest absolute Gasteiger partial charge is 0.481 e. The molecule has 1 N–H and O–H groups in total. The van der Waals surface area contributed by atoms with E-state index in [4.69, 9.17) is 20.9 Å². The van der Waals surface area contributed by atoms with Crippen LogP contribution in [0.3, 0.4) is 0 Å². The number of ether oxygens (including phenoxy) is 1. The molecule has 0 aliphatic rings. The standard InChI is InChI=1S/C7H7NO3.C3H9ClSi/c1-11-6-4-2-3-5(8-6)7(9)10;1-5(2,3)4/h2-4H,1H3,(H,9,10);1-3H3. The summed E-state index contributed by atoms with van der Waals surface area (Å²) in [5.41, 5.74) is -0.00986. The van der Waals surface area contributed by atoms with Gasteiger partial charge in [0, 0.05) is 6.07 Å². The third-order valence-electron chi connectivity index (χ3n) is 1.15. The van der Waals surface area contributed by atoms with Gasteiger partial charge in [0.05, 0.1) is 7.11 Å². The van der Waals surface area contributed by atoms with Crippen molar-refractivity contribution in [1.82, 2.24) is 4.98 Å². The minimum Gasteiger partial charge on any atom is -0.481 e. The summed E-state index contributed by atoms with van der Waals surface area (Å²) < 4.78 is 4.73. The number of carbonyl (C=O) groups is 1. The summed E-state index contributed by atoms with van der Waals surface area (Å²) in [5.74, 6) is -0.742. The quantitative estimate of drug-likeness (QED) is 0.657. The fourth-order valence-corrected chi connectivity index (χ4v) is 0.648. The fourth-order valence-electron chi connectivity index (χ4n) is 0.648. The number of carboxylic acids is 1. The highest BCUT2D eigenvalue weighted by atomic mass is 35.6. The number of halogens is 1. The molecule has 1 rings (SSSR count). The maximum Gasteiger partial charge on any atom is 0.354 e. The minimum atomic E-state index is -1.14. The maximum absolute atomic E-state index is 10.4. The van der Waals surface area contributed by atoms with Crippen LogP contribution in [0.5, 0.6) is 5.88 Å². The van der Waals surface area contributed by atoms with Crippen molar-refractivity contribution in [3.05, 3.63) is 23.9 Å². The van der Waals surface area contributed by atoms with E-state index in [9.17, 15) is 4.79 Å². The molecule has 0 saturated carbocycles. The molecule has 0 aromatic carbocycles. The average molecular weight is 262 g/mol. The van der Waals surface area contributed by atoms with Crippen molar-refractivity contribution in [2.24, 2.45) is 0 Å². The zero-order valence-electron chi connectivity index (χ0n) is 9.82. The van der Waals surface area contributed by atoms with Crippen molar-refractivity contribution >= 4 is 24.4 Å². The number of pyridine rings is 1. The Bertz CT molecular complexity index is 346. The average Bonchev–Trinajstić information content (AvgIpc) is 2.15. The van der Waals surface area contributed by atoms with Gasteiger partial charge in [0.25, 0.3) is 0 Å². The second-order valence-electron chi connectivity index (χ2n) is 3.94. The molecule has 1 heterocycles. The molecule has 1 aromatic rings. The highest BCUT2D eigenvalue weighted by molar-refractivity contribution is 7.18. The van der Waals surface area contributed by atoms with Crippen molar-refractivity contribution in [2.75, 3.05) is 7.11 Å². The van der Waals surface area contributed by atoms with E-state index in [1.807, 2.05) is 0 Å². The second kappa shape index (κ2) is 6.50. The molecule has 0 fully saturated rings. The van der Waals surface area contributed by atoms with Crippen LogP contribution in [0.2, 0.25) is 19.6 Å². The van der Waals surface area contributed by atoms with Crippen LogP contribution in [0.15, 0.2) is 18.2 Å². The van der Waals surface area contributed by atoms with Gasteiger partial charge in [0.2, 0.25) is 5.88 Å². The molecule has 0 radical (unpaired) electrons. The van der Waals surface area contributed by atoms with Gasteiger partial charge >= 0.3 is 5.97 Å². The number of hydrogen-bond acceptors (Lipinski definition) is 3. The summed E-state index contributed by atoms with van der Waals surface area (Å²) >= 11 is 5.67. The van der Waals surface area contributed by atoms with Gasteiger partial charge in [-0.15, -0.1) is 0 Å². The monoisotopic (exact) mass is 261 g/mol. The zero-order chi connectivity index (χ0) is 12.8. The van der Waals surface area contributed by atoms with Crippen molar-refractivity contribution in [1.29, 1.82) is 0 Å². The molecule has 90 valence electrons. The van der Waals surface area contributed by atoms with Gasteiger partial charge in [0.15, 0.2) is 5.69 Å². The fraction of sp³-hybridized carbons (Fsp3) is 0.400. The first-order chi connectivity index (χ1) is 7.24. The van der Waals surface area contributed by atoms with Crippen LogP contribution in [-0.4, -0.2) is 30.6 Å². The summed E-state index contributed by atoms with van der Waals surface area (Å²) in [7, 11) is 0.300. The Balaban J connectivity index is 0.000000385. The minimum absolute atomic E-state index is 0.00986. The Labute approximate surface area is 101 Å². The lowest BCUT2D eigenvalue weighted by Gasteiger charge is -1.97. The normalized spacial score (nSPS) is 10.1. The van der Waals surface area contributed by atoms with Gasteiger partial charge in [-0.3, -0.25) is 0 Å². The highest BCUT2D eigenvalue weighted by Crippen LogP contribution is 2.05. The summed E-state index contributed by atoms with van der Waals surface area (Å²) in [6.07, 6.45) is 0. The van der Waals surface area contributed by atoms with Crippen molar-refractivity contribution in [3.8, 4) is 5.88 Å². The Morgan fingerprint density at radius 2 is 1.94 bits per heavy atom. The van der Waals surface area contributed by atoms with Crippen LogP contribution in [0.1, 0.15) is 10.5 Å². The van der Waals surface area contributed by atoms with Crippen molar-refractivity contribution in [2.45, 2.75) is 19.6 Å². The van der Waals surface area contributed by atoms with E-state index in [0.717, 1.165) is 0 Å². The van der Waals surface area contributed by atoms with Gasteiger partial charge in [-0.25, -0.2) is 9.78 Å². The molecule has 1 aromatic heterocycles. The van der Waals surface area contributed by atoms with Gasteiger partial charge in [-0.2, -0.15) is 11.1 Å². The van der Waals surface area contributed by atoms with E-state index >= 15 is 0 Å². The lowest BCUT2D eigenvalue weighted by molar-refractivity contribution is 0.0689. The molecule has 0 aliphatic heterocycles. The first-order valence-corrected chi connectivity index (χ1v) is 9.18. The van der Waals surface area contributed by atoms with E-state index in [0.29, 0.717) is 5.88 Å². The molecule has 6 heteroatoms. The van der Waals surface area contributed by atoms with Crippen LogP contribution < -0.4 is 4.74 Å². The molecule has 0 unspecified atom stereocenters. The smallest absolute Gasteiger partial charge is 0.354 e. The third-order valence-corrected chi connectivity index (χ3v) is 1.15. The van der Waals surface area contributed by atoms with Crippen LogP contribution >= 0.6 is 11.1 Å². The Kier molecular flexibility index (Phi) is 6.06. The SMILES string of the molecule is COc1cccc(C(=O)O)n1.C[Si](C)(C)Cl. The topological polar surface area (TPSA) is 59.4 Å². The first kappa shape index (κ1) is 14.9. The predicted molar refractivity (Wildman–Crippen MR) is 66.9 cm³/mol.